The Bertz CT molecular complexity index is 197. The molecule has 0 unspecified atom stereocenters. The van der Waals surface area contributed by atoms with Crippen LogP contribution >= 0.6 is 0 Å². The average Bonchev–Trinajstić information content (AvgIpc) is 2.80. The van der Waals surface area contributed by atoms with Crippen molar-refractivity contribution in [3.63, 3.8) is 0 Å². The third-order valence-electron chi connectivity index (χ3n) is 2.31. The molecule has 0 spiro atoms. The van der Waals surface area contributed by atoms with Gasteiger partial charge in [0, 0.05) is 11.5 Å². The van der Waals surface area contributed by atoms with Gasteiger partial charge in [0.25, 0.3) is 0 Å². The number of aliphatic hydroxyl groups excluding tert-OH is 1. The molecule has 0 aromatic rings. The zero-order chi connectivity index (χ0) is 9.90. The second-order valence-electron chi connectivity index (χ2n) is 4.16. The summed E-state index contributed by atoms with van der Waals surface area (Å²) in [6.45, 7) is 4.91. The van der Waals surface area contributed by atoms with Gasteiger partial charge in [0.1, 0.15) is 0 Å². The highest BCUT2D eigenvalue weighted by Gasteiger charge is 2.41. The van der Waals surface area contributed by atoms with Crippen LogP contribution < -0.4 is 11.1 Å². The van der Waals surface area contributed by atoms with Crippen molar-refractivity contribution in [3.05, 3.63) is 0 Å². The number of aliphatic hydroxyl groups is 1. The summed E-state index contributed by atoms with van der Waals surface area (Å²) in [5.41, 5.74) is 5.68. The summed E-state index contributed by atoms with van der Waals surface area (Å²) in [6, 6.07) is 0.313. The first-order valence-corrected chi connectivity index (χ1v) is 4.75. The molecule has 0 radical (unpaired) electrons. The Morgan fingerprint density at radius 1 is 1.62 bits per heavy atom. The fourth-order valence-corrected chi connectivity index (χ4v) is 1.14. The van der Waals surface area contributed by atoms with E-state index in [4.69, 9.17) is 10.8 Å². The van der Waals surface area contributed by atoms with Crippen molar-refractivity contribution in [2.45, 2.75) is 32.7 Å². The highest BCUT2D eigenvalue weighted by atomic mass is 16.3. The minimum Gasteiger partial charge on any atom is -0.396 e. The molecule has 0 atom stereocenters. The van der Waals surface area contributed by atoms with Gasteiger partial charge in [-0.3, -0.25) is 4.99 Å². The molecule has 0 amide bonds. The minimum absolute atomic E-state index is 0.0588. The number of nitrogens with two attached hydrogens (primary N) is 1. The maximum atomic E-state index is 9.02. The highest BCUT2D eigenvalue weighted by Crippen LogP contribution is 2.45. The third-order valence-corrected chi connectivity index (χ3v) is 2.31. The van der Waals surface area contributed by atoms with E-state index in [9.17, 15) is 0 Å². The Balaban J connectivity index is 2.30. The molecular formula is C9H19N3O. The predicted octanol–water partition coefficient (Wildman–Crippen LogP) is 0.0716. The van der Waals surface area contributed by atoms with Gasteiger partial charge in [0.15, 0.2) is 5.96 Å². The zero-order valence-electron chi connectivity index (χ0n) is 8.38. The molecule has 1 aliphatic carbocycles. The van der Waals surface area contributed by atoms with Crippen LogP contribution in [0.15, 0.2) is 4.99 Å². The molecular weight excluding hydrogens is 166 g/mol. The van der Waals surface area contributed by atoms with E-state index in [2.05, 4.69) is 10.3 Å². The molecule has 4 N–H and O–H groups in total. The Labute approximate surface area is 79.2 Å². The molecule has 4 heteroatoms. The van der Waals surface area contributed by atoms with Crippen molar-refractivity contribution in [3.8, 4) is 0 Å². The van der Waals surface area contributed by atoms with E-state index in [0.717, 1.165) is 12.8 Å². The molecule has 1 rings (SSSR count). The molecule has 1 fully saturated rings. The van der Waals surface area contributed by atoms with Crippen LogP contribution in [0, 0.1) is 5.41 Å². The fraction of sp³-hybridized carbons (Fsp3) is 0.889. The maximum Gasteiger partial charge on any atom is 0.188 e. The second-order valence-corrected chi connectivity index (χ2v) is 4.16. The number of hydrogen-bond acceptors (Lipinski definition) is 2. The molecule has 4 nitrogen and oxygen atoms in total. The lowest BCUT2D eigenvalue weighted by molar-refractivity contribution is 0.217. The summed E-state index contributed by atoms with van der Waals surface area (Å²) in [7, 11) is 0. The molecule has 0 aromatic heterocycles. The standard InChI is InChI=1S/C9H19N3O/c1-7(2)12-8(10)11-5-9(6-13)3-4-9/h7,13H,3-6H2,1-2H3,(H3,10,11,12). The molecule has 0 aromatic carbocycles. The summed E-state index contributed by atoms with van der Waals surface area (Å²) < 4.78 is 0. The van der Waals surface area contributed by atoms with Gasteiger partial charge in [-0.25, -0.2) is 0 Å². The number of hydrogen-bond donors (Lipinski definition) is 3. The Kier molecular flexibility index (Phi) is 3.14. The number of nitrogens with zero attached hydrogens (tertiary/aromatic N) is 1. The summed E-state index contributed by atoms with van der Waals surface area (Å²) in [6.07, 6.45) is 2.14. The first-order valence-electron chi connectivity index (χ1n) is 4.75. The van der Waals surface area contributed by atoms with Gasteiger partial charge in [-0.1, -0.05) is 0 Å². The van der Waals surface area contributed by atoms with E-state index < -0.39 is 0 Å². The molecule has 0 bridgehead atoms. The lowest BCUT2D eigenvalue weighted by atomic mass is 10.1. The summed E-state index contributed by atoms with van der Waals surface area (Å²) in [4.78, 5) is 4.19. The van der Waals surface area contributed by atoms with Crippen LogP contribution in [0.4, 0.5) is 0 Å². The topological polar surface area (TPSA) is 70.6 Å². The number of rotatable bonds is 4. The summed E-state index contributed by atoms with van der Waals surface area (Å²) in [5, 5.41) is 12.0. The molecule has 1 saturated carbocycles. The van der Waals surface area contributed by atoms with Crippen molar-refractivity contribution in [1.82, 2.24) is 5.32 Å². The normalized spacial score (nSPS) is 20.5. The second kappa shape index (κ2) is 3.96. The van der Waals surface area contributed by atoms with Crippen molar-refractivity contribution < 1.29 is 5.11 Å². The van der Waals surface area contributed by atoms with Gasteiger partial charge in [-0.15, -0.1) is 0 Å². The largest absolute Gasteiger partial charge is 0.396 e. The highest BCUT2D eigenvalue weighted by molar-refractivity contribution is 5.78. The van der Waals surface area contributed by atoms with Crippen molar-refractivity contribution in [2.24, 2.45) is 16.1 Å². The molecule has 0 aliphatic heterocycles. The van der Waals surface area contributed by atoms with Gasteiger partial charge >= 0.3 is 0 Å². The van der Waals surface area contributed by atoms with Crippen molar-refractivity contribution in [2.75, 3.05) is 13.2 Å². The number of aliphatic imine (C=N–C) groups is 1. The number of guanidine groups is 1. The van der Waals surface area contributed by atoms with Crippen LogP contribution in [-0.2, 0) is 0 Å². The predicted molar refractivity (Wildman–Crippen MR) is 53.5 cm³/mol. The smallest absolute Gasteiger partial charge is 0.188 e. The van der Waals surface area contributed by atoms with Crippen LogP contribution in [0.3, 0.4) is 0 Å². The van der Waals surface area contributed by atoms with Gasteiger partial charge in [-0.2, -0.15) is 0 Å². The van der Waals surface area contributed by atoms with Gasteiger partial charge in [0.2, 0.25) is 0 Å². The zero-order valence-corrected chi connectivity index (χ0v) is 8.38. The third kappa shape index (κ3) is 3.22. The molecule has 13 heavy (non-hydrogen) atoms. The lowest BCUT2D eigenvalue weighted by Crippen LogP contribution is -2.37. The first-order chi connectivity index (χ1) is 6.08. The molecule has 1 aliphatic rings. The minimum atomic E-state index is 0.0588. The van der Waals surface area contributed by atoms with E-state index in [1.807, 2.05) is 13.8 Å². The van der Waals surface area contributed by atoms with E-state index in [-0.39, 0.29) is 12.0 Å². The summed E-state index contributed by atoms with van der Waals surface area (Å²) >= 11 is 0. The average molecular weight is 185 g/mol. The number of nitrogens with one attached hydrogen (secondary N) is 1. The van der Waals surface area contributed by atoms with E-state index in [0.29, 0.717) is 18.5 Å². The monoisotopic (exact) mass is 185 g/mol. The van der Waals surface area contributed by atoms with Crippen LogP contribution in [0.25, 0.3) is 0 Å². The van der Waals surface area contributed by atoms with Gasteiger partial charge in [0.05, 0.1) is 13.2 Å². The van der Waals surface area contributed by atoms with E-state index >= 15 is 0 Å². The van der Waals surface area contributed by atoms with Crippen LogP contribution in [0.1, 0.15) is 26.7 Å². The van der Waals surface area contributed by atoms with Crippen molar-refractivity contribution in [1.29, 1.82) is 0 Å². The Morgan fingerprint density at radius 2 is 2.23 bits per heavy atom. The Hall–Kier alpha value is -0.770. The fourth-order valence-electron chi connectivity index (χ4n) is 1.14. The van der Waals surface area contributed by atoms with Gasteiger partial charge < -0.3 is 16.2 Å². The molecule has 0 heterocycles. The quantitative estimate of drug-likeness (QED) is 0.429. The SMILES string of the molecule is CC(C)NC(N)=NCC1(CO)CC1. The van der Waals surface area contributed by atoms with Gasteiger partial charge in [-0.05, 0) is 26.7 Å². The Morgan fingerprint density at radius 3 is 2.62 bits per heavy atom. The van der Waals surface area contributed by atoms with Crippen LogP contribution in [0.2, 0.25) is 0 Å². The first kappa shape index (κ1) is 10.3. The molecule has 76 valence electrons. The van der Waals surface area contributed by atoms with Crippen LogP contribution in [0.5, 0.6) is 0 Å². The summed E-state index contributed by atoms with van der Waals surface area (Å²) in [5.74, 6) is 0.481. The van der Waals surface area contributed by atoms with Crippen molar-refractivity contribution >= 4 is 5.96 Å². The van der Waals surface area contributed by atoms with E-state index in [1.54, 1.807) is 0 Å². The van der Waals surface area contributed by atoms with E-state index in [1.165, 1.54) is 0 Å². The maximum absolute atomic E-state index is 9.02. The molecule has 0 saturated heterocycles. The lowest BCUT2D eigenvalue weighted by Gasteiger charge is -2.11. The van der Waals surface area contributed by atoms with Crippen LogP contribution in [-0.4, -0.2) is 30.3 Å².